The lowest BCUT2D eigenvalue weighted by Crippen LogP contribution is -2.69. The number of carbonyl (C=O) groups excluding carboxylic acids is 1. The molecule has 0 bridgehead atoms. The number of likely N-dealkylation sites (N-methyl/N-ethyl adjacent to an activating group) is 1. The Kier molecular flexibility index (Phi) is 20.3. The van der Waals surface area contributed by atoms with E-state index in [2.05, 4.69) is 53.9 Å². The first-order valence-electron chi connectivity index (χ1n) is 19.9. The SMILES string of the molecule is CNC1C(O)C(OC2C(NC(=O)C(O)CC/N=C/C=C(\C)CC/C=C(\C)CCC=C(C)C)CC(N)C(OC3OC(CNCCO)=CCC3N)C2O)OCC1(C)O. The number of carbonyl (C=O) groups is 1. The molecule has 1 amide bonds. The third-order valence-corrected chi connectivity index (χ3v) is 10.3. The van der Waals surface area contributed by atoms with E-state index in [9.17, 15) is 25.2 Å². The summed E-state index contributed by atoms with van der Waals surface area (Å²) in [7, 11) is 1.58. The van der Waals surface area contributed by atoms with Gasteiger partial charge in [-0.1, -0.05) is 28.9 Å². The molecular weight excluding hydrogens is 724 g/mol. The van der Waals surface area contributed by atoms with Crippen molar-refractivity contribution in [3.63, 3.8) is 0 Å². The normalized spacial score (nSPS) is 33.5. The van der Waals surface area contributed by atoms with Gasteiger partial charge < -0.3 is 71.9 Å². The number of nitrogens with two attached hydrogens (primary N) is 2. The van der Waals surface area contributed by atoms with Gasteiger partial charge in [0.2, 0.25) is 12.2 Å². The molecule has 16 heteroatoms. The van der Waals surface area contributed by atoms with E-state index in [1.165, 1.54) is 23.6 Å². The minimum Gasteiger partial charge on any atom is -0.467 e. The van der Waals surface area contributed by atoms with E-state index < -0.39 is 78.8 Å². The maximum Gasteiger partial charge on any atom is 0.249 e. The molecule has 0 aromatic rings. The predicted molar refractivity (Wildman–Crippen MR) is 214 cm³/mol. The van der Waals surface area contributed by atoms with Gasteiger partial charge in [0.05, 0.1) is 37.9 Å². The standard InChI is InChI=1S/C40H70N6O10/c1-24(2)9-7-10-25(3)11-8-12-26(4)15-17-44-18-16-31(48)37(51)46-30-21-29(42)34(55-38-28(41)14-13-27(54-38)22-45-19-20-47)32(49)35(30)56-39-33(50)36(43-6)40(5,52)23-53-39/h9,11,13,15,17,28-36,38-39,43,45,47-50,52H,7-8,10,12,14,16,18-23,41-42H2,1-6H3,(H,46,51)/b25-11+,26-15+,44-17+. The molecule has 2 heterocycles. The topological polar surface area (TPSA) is 256 Å². The van der Waals surface area contributed by atoms with Crippen LogP contribution >= 0.6 is 0 Å². The molecule has 3 rings (SSSR count). The molecule has 1 aliphatic carbocycles. The van der Waals surface area contributed by atoms with Crippen molar-refractivity contribution in [3.8, 4) is 0 Å². The number of allylic oxidation sites excluding steroid dienone is 6. The number of ether oxygens (including phenoxy) is 4. The van der Waals surface area contributed by atoms with Crippen molar-refractivity contribution < 1.29 is 49.3 Å². The highest BCUT2D eigenvalue weighted by molar-refractivity contribution is 5.81. The van der Waals surface area contributed by atoms with Crippen LogP contribution in [-0.2, 0) is 23.7 Å². The molecule has 2 aliphatic heterocycles. The average Bonchev–Trinajstić information content (AvgIpc) is 3.13. The van der Waals surface area contributed by atoms with E-state index >= 15 is 0 Å². The second kappa shape index (κ2) is 23.7. The highest BCUT2D eigenvalue weighted by Crippen LogP contribution is 2.32. The van der Waals surface area contributed by atoms with E-state index in [0.717, 1.165) is 25.7 Å². The molecule has 0 aromatic heterocycles. The summed E-state index contributed by atoms with van der Waals surface area (Å²) in [5.74, 6) is -0.153. The highest BCUT2D eigenvalue weighted by atomic mass is 16.7. The molecule has 56 heavy (non-hydrogen) atoms. The number of aliphatic hydroxyl groups is 5. The van der Waals surface area contributed by atoms with Gasteiger partial charge in [-0.2, -0.15) is 0 Å². The molecule has 1 saturated heterocycles. The van der Waals surface area contributed by atoms with Gasteiger partial charge in [0.1, 0.15) is 41.9 Å². The van der Waals surface area contributed by atoms with Crippen LogP contribution in [0, 0.1) is 0 Å². The van der Waals surface area contributed by atoms with Crippen LogP contribution in [0.4, 0.5) is 0 Å². The third kappa shape index (κ3) is 15.0. The van der Waals surface area contributed by atoms with Gasteiger partial charge in [0.25, 0.3) is 0 Å². The molecule has 16 nitrogen and oxygen atoms in total. The number of hydrogen-bond donors (Lipinski definition) is 10. The van der Waals surface area contributed by atoms with E-state index in [4.69, 9.17) is 35.5 Å². The zero-order valence-corrected chi connectivity index (χ0v) is 34.1. The molecule has 0 spiro atoms. The fourth-order valence-corrected chi connectivity index (χ4v) is 6.99. The summed E-state index contributed by atoms with van der Waals surface area (Å²) in [5, 5.41) is 62.3. The minimum atomic E-state index is -1.48. The van der Waals surface area contributed by atoms with Crippen LogP contribution < -0.4 is 27.4 Å². The molecule has 320 valence electrons. The van der Waals surface area contributed by atoms with Crippen LogP contribution in [0.1, 0.15) is 79.6 Å². The Labute approximate surface area is 332 Å². The van der Waals surface area contributed by atoms with Crippen LogP contribution in [0.15, 0.2) is 51.8 Å². The van der Waals surface area contributed by atoms with Gasteiger partial charge in [0.15, 0.2) is 6.29 Å². The zero-order valence-electron chi connectivity index (χ0n) is 34.1. The Balaban J connectivity index is 1.64. The summed E-state index contributed by atoms with van der Waals surface area (Å²) in [6, 6.07) is -3.20. The largest absolute Gasteiger partial charge is 0.467 e. The molecule has 12 N–H and O–H groups in total. The predicted octanol–water partition coefficient (Wildman–Crippen LogP) is 0.170. The van der Waals surface area contributed by atoms with E-state index in [-0.39, 0.29) is 32.6 Å². The fraction of sp³-hybridized carbons (Fsp3) is 0.750. The number of aliphatic imine (C=N–C) groups is 1. The van der Waals surface area contributed by atoms with Crippen LogP contribution in [-0.4, -0.2) is 150 Å². The van der Waals surface area contributed by atoms with Gasteiger partial charge >= 0.3 is 0 Å². The lowest BCUT2D eigenvalue weighted by atomic mass is 9.83. The summed E-state index contributed by atoms with van der Waals surface area (Å²) in [4.78, 5) is 17.7. The Morgan fingerprint density at radius 2 is 1.75 bits per heavy atom. The average molecular weight is 795 g/mol. The molecule has 12 unspecified atom stereocenters. The molecule has 1 saturated carbocycles. The van der Waals surface area contributed by atoms with Gasteiger partial charge in [-0.3, -0.25) is 9.79 Å². The van der Waals surface area contributed by atoms with Crippen molar-refractivity contribution in [2.75, 3.05) is 39.9 Å². The maximum atomic E-state index is 13.3. The second-order valence-electron chi connectivity index (χ2n) is 15.7. The Morgan fingerprint density at radius 3 is 2.45 bits per heavy atom. The van der Waals surface area contributed by atoms with Gasteiger partial charge in [-0.05, 0) is 92.3 Å². The van der Waals surface area contributed by atoms with Crippen molar-refractivity contribution in [2.45, 2.75) is 152 Å². The van der Waals surface area contributed by atoms with Gasteiger partial charge in [-0.25, -0.2) is 0 Å². The van der Waals surface area contributed by atoms with Crippen LogP contribution in [0.25, 0.3) is 0 Å². The molecular formula is C40H70N6O10. The smallest absolute Gasteiger partial charge is 0.249 e. The number of rotatable bonds is 21. The zero-order chi connectivity index (χ0) is 41.4. The van der Waals surface area contributed by atoms with Crippen molar-refractivity contribution in [2.24, 2.45) is 16.5 Å². The Hall–Kier alpha value is -2.58. The quantitative estimate of drug-likeness (QED) is 0.0423. The van der Waals surface area contributed by atoms with Crippen LogP contribution in [0.2, 0.25) is 0 Å². The third-order valence-electron chi connectivity index (χ3n) is 10.3. The van der Waals surface area contributed by atoms with Crippen molar-refractivity contribution in [1.29, 1.82) is 0 Å². The first-order chi connectivity index (χ1) is 26.6. The lowest BCUT2D eigenvalue weighted by molar-refractivity contribution is -0.304. The van der Waals surface area contributed by atoms with E-state index in [0.29, 0.717) is 25.3 Å². The number of aliphatic hydroxyl groups excluding tert-OH is 4. The summed E-state index contributed by atoms with van der Waals surface area (Å²) in [6.07, 6.45) is 5.56. The van der Waals surface area contributed by atoms with Crippen LogP contribution in [0.5, 0.6) is 0 Å². The number of nitrogens with one attached hydrogen (secondary N) is 3. The summed E-state index contributed by atoms with van der Waals surface area (Å²) >= 11 is 0. The number of hydrogen-bond acceptors (Lipinski definition) is 15. The Bertz CT molecular complexity index is 1370. The molecule has 12 atom stereocenters. The van der Waals surface area contributed by atoms with Gasteiger partial charge in [-0.15, -0.1) is 0 Å². The summed E-state index contributed by atoms with van der Waals surface area (Å²) in [5.41, 5.74) is 15.3. The molecule has 3 aliphatic rings. The maximum absolute atomic E-state index is 13.3. The lowest BCUT2D eigenvalue weighted by Gasteiger charge is -2.48. The van der Waals surface area contributed by atoms with Gasteiger partial charge in [0, 0.05) is 31.8 Å². The second-order valence-corrected chi connectivity index (χ2v) is 15.7. The summed E-state index contributed by atoms with van der Waals surface area (Å²) < 4.78 is 24.1. The Morgan fingerprint density at radius 1 is 1.05 bits per heavy atom. The molecule has 0 aromatic carbocycles. The highest BCUT2D eigenvalue weighted by Gasteiger charge is 2.52. The molecule has 2 fully saturated rings. The van der Waals surface area contributed by atoms with Crippen LogP contribution in [0.3, 0.4) is 0 Å². The first-order valence-corrected chi connectivity index (χ1v) is 19.9. The van der Waals surface area contributed by atoms with E-state index in [1.807, 2.05) is 19.1 Å². The monoisotopic (exact) mass is 795 g/mol. The minimum absolute atomic E-state index is 0.0423. The molecule has 0 radical (unpaired) electrons. The fourth-order valence-electron chi connectivity index (χ4n) is 6.99. The van der Waals surface area contributed by atoms with Crippen molar-refractivity contribution >= 4 is 12.1 Å². The van der Waals surface area contributed by atoms with Crippen molar-refractivity contribution in [3.05, 3.63) is 46.8 Å². The van der Waals surface area contributed by atoms with Crippen molar-refractivity contribution in [1.82, 2.24) is 16.0 Å². The first kappa shape index (κ1) is 47.8. The number of amides is 1. The van der Waals surface area contributed by atoms with E-state index in [1.54, 1.807) is 13.3 Å². The number of nitrogens with zero attached hydrogens (tertiary/aromatic N) is 1. The summed E-state index contributed by atoms with van der Waals surface area (Å²) in [6.45, 7) is 10.6.